The highest BCUT2D eigenvalue weighted by Gasteiger charge is 2.27. The number of likely N-dealkylation sites (N-methyl/N-ethyl adjacent to an activating group) is 1. The van der Waals surface area contributed by atoms with E-state index < -0.39 is 32.5 Å². The van der Waals surface area contributed by atoms with E-state index in [0.29, 0.717) is 23.9 Å². The summed E-state index contributed by atoms with van der Waals surface area (Å²) in [5.74, 6) is -0.960. The molecule has 0 rings (SSSR count). The first-order chi connectivity index (χ1) is 27.0. The molecule has 314 valence electrons. The van der Waals surface area contributed by atoms with Gasteiger partial charge in [0.15, 0.2) is 6.10 Å². The van der Waals surface area contributed by atoms with Gasteiger partial charge in [-0.15, -0.1) is 0 Å². The Kier molecular flexibility index (Phi) is 34.6. The monoisotopic (exact) mass is 799 g/mol. The zero-order valence-corrected chi connectivity index (χ0v) is 35.9. The van der Waals surface area contributed by atoms with Gasteiger partial charge in [-0.05, 0) is 70.6 Å². The fourth-order valence-corrected chi connectivity index (χ4v) is 5.20. The molecule has 0 heterocycles. The molecular formula is C46H73NO8P+. The lowest BCUT2D eigenvalue weighted by molar-refractivity contribution is -0.870. The summed E-state index contributed by atoms with van der Waals surface area (Å²) in [6, 6.07) is 0. The number of phosphoric ester groups is 1. The van der Waals surface area contributed by atoms with Crippen LogP contribution in [0.5, 0.6) is 0 Å². The van der Waals surface area contributed by atoms with Gasteiger partial charge in [0.25, 0.3) is 0 Å². The summed E-state index contributed by atoms with van der Waals surface area (Å²) >= 11 is 0. The molecule has 0 aliphatic rings. The Morgan fingerprint density at radius 1 is 0.571 bits per heavy atom. The van der Waals surface area contributed by atoms with Crippen molar-refractivity contribution in [3.05, 3.63) is 122 Å². The minimum Gasteiger partial charge on any atom is -0.462 e. The molecule has 9 nitrogen and oxygen atoms in total. The summed E-state index contributed by atoms with van der Waals surface area (Å²) < 4.78 is 34.1. The molecule has 0 saturated carbocycles. The minimum atomic E-state index is -4.41. The van der Waals surface area contributed by atoms with Crippen LogP contribution in [0.4, 0.5) is 0 Å². The fraction of sp³-hybridized carbons (Fsp3) is 0.522. The first-order valence-electron chi connectivity index (χ1n) is 20.3. The molecule has 0 bridgehead atoms. The maximum atomic E-state index is 12.6. The molecule has 2 unspecified atom stereocenters. The van der Waals surface area contributed by atoms with E-state index in [1.807, 2.05) is 69.8 Å². The molecule has 0 aromatic carbocycles. The van der Waals surface area contributed by atoms with E-state index in [0.717, 1.165) is 64.2 Å². The van der Waals surface area contributed by atoms with Crippen molar-refractivity contribution in [3.8, 4) is 0 Å². The molecule has 0 aliphatic heterocycles. The summed E-state index contributed by atoms with van der Waals surface area (Å²) in [6.45, 7) is 3.98. The Hall–Kier alpha value is -3.59. The SMILES string of the molecule is CC/C=C/C=C/C=C/C=C/CCCCCC(=O)OC(COC(=O)CC/C=C/C/C=C/C/C=C/C/C=C/C/C=C/C/C=C/CC)COP(=O)(O)OCC[N+](C)(C)C. The van der Waals surface area contributed by atoms with Crippen LogP contribution in [-0.2, 0) is 32.7 Å². The van der Waals surface area contributed by atoms with Crippen molar-refractivity contribution in [2.45, 2.75) is 110 Å². The van der Waals surface area contributed by atoms with Crippen LogP contribution in [0.2, 0.25) is 0 Å². The second-order valence-electron chi connectivity index (χ2n) is 14.0. The van der Waals surface area contributed by atoms with Gasteiger partial charge in [-0.25, -0.2) is 4.57 Å². The average Bonchev–Trinajstić information content (AvgIpc) is 3.15. The average molecular weight is 799 g/mol. The summed E-state index contributed by atoms with van der Waals surface area (Å²) in [5, 5.41) is 0. The number of hydrogen-bond donors (Lipinski definition) is 1. The largest absolute Gasteiger partial charge is 0.472 e. The summed E-state index contributed by atoms with van der Waals surface area (Å²) in [6.07, 6.45) is 51.3. The lowest BCUT2D eigenvalue weighted by Crippen LogP contribution is -2.37. The molecule has 0 fully saturated rings. The molecule has 0 spiro atoms. The van der Waals surface area contributed by atoms with E-state index in [9.17, 15) is 19.0 Å². The van der Waals surface area contributed by atoms with Gasteiger partial charge < -0.3 is 18.9 Å². The Bertz CT molecular complexity index is 1360. The Balaban J connectivity index is 4.61. The topological polar surface area (TPSA) is 108 Å². The third-order valence-electron chi connectivity index (χ3n) is 7.60. The molecule has 2 atom stereocenters. The minimum absolute atomic E-state index is 0.00445. The number of nitrogens with zero attached hydrogens (tertiary/aromatic N) is 1. The second kappa shape index (κ2) is 37.0. The molecule has 0 saturated heterocycles. The van der Waals surface area contributed by atoms with Crippen molar-refractivity contribution in [1.82, 2.24) is 0 Å². The number of ether oxygens (including phenoxy) is 2. The van der Waals surface area contributed by atoms with E-state index in [4.69, 9.17) is 18.5 Å². The molecule has 0 aliphatic carbocycles. The molecule has 10 heteroatoms. The van der Waals surface area contributed by atoms with E-state index in [1.54, 1.807) is 0 Å². The number of esters is 2. The highest BCUT2D eigenvalue weighted by Crippen LogP contribution is 2.43. The van der Waals surface area contributed by atoms with Gasteiger partial charge >= 0.3 is 19.8 Å². The van der Waals surface area contributed by atoms with Crippen molar-refractivity contribution in [1.29, 1.82) is 0 Å². The van der Waals surface area contributed by atoms with Crippen molar-refractivity contribution in [2.24, 2.45) is 0 Å². The molecule has 0 aromatic rings. The van der Waals surface area contributed by atoms with Crippen LogP contribution in [0.25, 0.3) is 0 Å². The van der Waals surface area contributed by atoms with Gasteiger partial charge in [0.1, 0.15) is 19.8 Å². The highest BCUT2D eigenvalue weighted by atomic mass is 31.2. The Morgan fingerprint density at radius 2 is 1.09 bits per heavy atom. The maximum absolute atomic E-state index is 12.6. The zero-order valence-electron chi connectivity index (χ0n) is 35.1. The number of rotatable bonds is 34. The maximum Gasteiger partial charge on any atom is 0.472 e. The van der Waals surface area contributed by atoms with Gasteiger partial charge in [0.05, 0.1) is 27.7 Å². The van der Waals surface area contributed by atoms with Gasteiger partial charge in [-0.2, -0.15) is 0 Å². The lowest BCUT2D eigenvalue weighted by atomic mass is 10.1. The van der Waals surface area contributed by atoms with Gasteiger partial charge in [-0.3, -0.25) is 18.6 Å². The van der Waals surface area contributed by atoms with Crippen molar-refractivity contribution in [2.75, 3.05) is 47.5 Å². The van der Waals surface area contributed by atoms with Gasteiger partial charge in [-0.1, -0.05) is 142 Å². The van der Waals surface area contributed by atoms with Gasteiger partial charge in [0, 0.05) is 12.8 Å². The van der Waals surface area contributed by atoms with Crippen LogP contribution in [0, 0.1) is 0 Å². The Morgan fingerprint density at radius 3 is 1.64 bits per heavy atom. The molecule has 0 radical (unpaired) electrons. The van der Waals surface area contributed by atoms with Crippen molar-refractivity contribution < 1.29 is 42.1 Å². The summed E-state index contributed by atoms with van der Waals surface area (Å²) in [7, 11) is 1.38. The summed E-state index contributed by atoms with van der Waals surface area (Å²) in [4.78, 5) is 35.2. The third kappa shape index (κ3) is 40.1. The molecule has 0 amide bonds. The van der Waals surface area contributed by atoms with Crippen LogP contribution in [0.3, 0.4) is 0 Å². The van der Waals surface area contributed by atoms with Crippen LogP contribution in [0.15, 0.2) is 122 Å². The lowest BCUT2D eigenvalue weighted by Gasteiger charge is -2.24. The second-order valence-corrected chi connectivity index (χ2v) is 15.4. The van der Waals surface area contributed by atoms with E-state index in [2.05, 4.69) is 86.8 Å². The smallest absolute Gasteiger partial charge is 0.462 e. The molecule has 56 heavy (non-hydrogen) atoms. The standard InChI is InChI=1S/C46H72NO8P/c1-6-8-10-12-14-16-18-20-21-22-23-24-25-27-28-30-32-34-36-38-45(48)52-42-44(43-54-56(50,51)53-41-40-47(3,4)5)55-46(49)39-37-35-33-31-29-26-19-17-15-13-11-9-7-2/h8-11,13-17,19-21,23-24,26-29,32,34,44H,6-7,12,18,22,25,30-31,33,35-43H2,1-5H3/p+1/b10-8+,11-9+,15-13+,16-14+,19-17+,21-20+,24-23+,28-27+,29-26+,34-32+. The number of allylic oxidation sites excluding steroid dienone is 20. The molecular weight excluding hydrogens is 725 g/mol. The van der Waals surface area contributed by atoms with E-state index >= 15 is 0 Å². The Labute approximate surface area is 339 Å². The fourth-order valence-electron chi connectivity index (χ4n) is 4.46. The van der Waals surface area contributed by atoms with Gasteiger partial charge in [0.2, 0.25) is 0 Å². The first kappa shape index (κ1) is 52.4. The van der Waals surface area contributed by atoms with Crippen LogP contribution in [-0.4, -0.2) is 74.9 Å². The molecule has 1 N–H and O–H groups in total. The van der Waals surface area contributed by atoms with E-state index in [-0.39, 0.29) is 26.1 Å². The quantitative estimate of drug-likeness (QED) is 0.0171. The van der Waals surface area contributed by atoms with Crippen LogP contribution < -0.4 is 0 Å². The number of phosphoric acid groups is 1. The predicted octanol–water partition coefficient (Wildman–Crippen LogP) is 11.3. The van der Waals surface area contributed by atoms with Crippen LogP contribution in [0.1, 0.15) is 104 Å². The predicted molar refractivity (Wildman–Crippen MR) is 233 cm³/mol. The normalized spacial score (nSPS) is 14.9. The van der Waals surface area contributed by atoms with Crippen molar-refractivity contribution in [3.63, 3.8) is 0 Å². The zero-order chi connectivity index (χ0) is 41.4. The highest BCUT2D eigenvalue weighted by molar-refractivity contribution is 7.47. The number of unbranched alkanes of at least 4 members (excludes halogenated alkanes) is 3. The number of quaternary nitrogens is 1. The number of hydrogen-bond acceptors (Lipinski definition) is 7. The third-order valence-corrected chi connectivity index (χ3v) is 8.58. The summed E-state index contributed by atoms with van der Waals surface area (Å²) in [5.41, 5.74) is 0. The number of carbonyl (C=O) groups excluding carboxylic acids is 2. The number of carbonyl (C=O) groups is 2. The van der Waals surface area contributed by atoms with E-state index in [1.165, 1.54) is 0 Å². The first-order valence-corrected chi connectivity index (χ1v) is 21.8. The molecule has 0 aromatic heterocycles. The van der Waals surface area contributed by atoms with Crippen molar-refractivity contribution >= 4 is 19.8 Å². The van der Waals surface area contributed by atoms with Crippen LogP contribution >= 0.6 is 7.82 Å².